The first-order chi connectivity index (χ1) is 11.7. The first-order valence-corrected chi connectivity index (χ1v) is 8.79. The van der Waals surface area contributed by atoms with Crippen LogP contribution in [0.4, 0.5) is 15.6 Å². The molecule has 3 rings (SSSR count). The Morgan fingerprint density at radius 2 is 2.08 bits per heavy atom. The van der Waals surface area contributed by atoms with Crippen molar-refractivity contribution in [2.24, 2.45) is 0 Å². The molecule has 124 valence electrons. The highest BCUT2D eigenvalue weighted by Crippen LogP contribution is 2.19. The lowest BCUT2D eigenvalue weighted by Crippen LogP contribution is -2.32. The van der Waals surface area contributed by atoms with Crippen LogP contribution >= 0.6 is 11.3 Å². The Morgan fingerprint density at radius 1 is 1.29 bits per heavy atom. The van der Waals surface area contributed by atoms with Crippen LogP contribution < -0.4 is 10.6 Å². The van der Waals surface area contributed by atoms with Gasteiger partial charge in [0, 0.05) is 31.4 Å². The number of aromatic nitrogens is 1. The Kier molecular flexibility index (Phi) is 5.02. The molecule has 5 nitrogen and oxygen atoms in total. The van der Waals surface area contributed by atoms with E-state index >= 15 is 0 Å². The summed E-state index contributed by atoms with van der Waals surface area (Å²) < 4.78 is 0. The van der Waals surface area contributed by atoms with Crippen molar-refractivity contribution in [1.29, 1.82) is 0 Å². The molecule has 1 saturated heterocycles. The summed E-state index contributed by atoms with van der Waals surface area (Å²) in [5, 5.41) is 6.56. The molecule has 1 aromatic heterocycles. The topological polar surface area (TPSA) is 57.3 Å². The number of carbonyl (C=O) groups excluding carboxylic acids is 1. The molecule has 0 aliphatic carbocycles. The minimum atomic E-state index is -0.0704. The van der Waals surface area contributed by atoms with E-state index in [1.165, 1.54) is 11.3 Å². The van der Waals surface area contributed by atoms with Crippen LogP contribution in [0.2, 0.25) is 0 Å². The SMILES string of the molecule is CNc1ccc(C)c(C#Cc2cnc(NC(=O)N3CCCC3)s2)c1. The molecule has 2 N–H and O–H groups in total. The second-order valence-electron chi connectivity index (χ2n) is 5.68. The highest BCUT2D eigenvalue weighted by atomic mass is 32.1. The lowest BCUT2D eigenvalue weighted by Gasteiger charge is -2.14. The van der Waals surface area contributed by atoms with Gasteiger partial charge in [0.1, 0.15) is 0 Å². The van der Waals surface area contributed by atoms with Gasteiger partial charge in [0.25, 0.3) is 0 Å². The molecule has 6 heteroatoms. The van der Waals surface area contributed by atoms with Crippen molar-refractivity contribution in [1.82, 2.24) is 9.88 Å². The third-order valence-electron chi connectivity index (χ3n) is 3.96. The highest BCUT2D eigenvalue weighted by molar-refractivity contribution is 7.16. The van der Waals surface area contributed by atoms with E-state index in [1.54, 1.807) is 6.20 Å². The summed E-state index contributed by atoms with van der Waals surface area (Å²) in [6, 6.07) is 6.03. The molecule has 0 spiro atoms. The molecule has 1 aliphatic rings. The summed E-state index contributed by atoms with van der Waals surface area (Å²) in [7, 11) is 1.89. The summed E-state index contributed by atoms with van der Waals surface area (Å²) in [6.45, 7) is 3.69. The number of hydrogen-bond acceptors (Lipinski definition) is 4. The quantitative estimate of drug-likeness (QED) is 0.823. The molecule has 1 aromatic carbocycles. The third kappa shape index (κ3) is 3.87. The van der Waals surface area contributed by atoms with E-state index in [0.717, 1.165) is 47.6 Å². The van der Waals surface area contributed by atoms with Gasteiger partial charge in [-0.15, -0.1) is 0 Å². The lowest BCUT2D eigenvalue weighted by atomic mass is 10.1. The molecule has 0 atom stereocenters. The van der Waals surface area contributed by atoms with Gasteiger partial charge in [-0.2, -0.15) is 0 Å². The largest absolute Gasteiger partial charge is 0.388 e. The van der Waals surface area contributed by atoms with E-state index in [2.05, 4.69) is 27.5 Å². The summed E-state index contributed by atoms with van der Waals surface area (Å²) in [5.41, 5.74) is 3.15. The second-order valence-corrected chi connectivity index (χ2v) is 6.71. The summed E-state index contributed by atoms with van der Waals surface area (Å²) in [6.07, 6.45) is 3.86. The first-order valence-electron chi connectivity index (χ1n) is 7.98. The van der Waals surface area contributed by atoms with Crippen molar-refractivity contribution < 1.29 is 4.79 Å². The number of nitrogens with one attached hydrogen (secondary N) is 2. The zero-order valence-corrected chi connectivity index (χ0v) is 14.7. The maximum absolute atomic E-state index is 12.1. The van der Waals surface area contributed by atoms with Crippen LogP contribution in [-0.2, 0) is 0 Å². The van der Waals surface area contributed by atoms with Crippen LogP contribution in [0.25, 0.3) is 0 Å². The lowest BCUT2D eigenvalue weighted by molar-refractivity contribution is 0.222. The molecule has 1 aliphatic heterocycles. The number of rotatable bonds is 2. The van der Waals surface area contributed by atoms with E-state index < -0.39 is 0 Å². The van der Waals surface area contributed by atoms with Gasteiger partial charge in [-0.1, -0.05) is 23.3 Å². The molecular weight excluding hydrogens is 320 g/mol. The zero-order chi connectivity index (χ0) is 16.9. The second kappa shape index (κ2) is 7.37. The normalized spacial score (nSPS) is 13.3. The number of nitrogens with zero attached hydrogens (tertiary/aromatic N) is 2. The number of likely N-dealkylation sites (tertiary alicyclic amines) is 1. The molecule has 2 heterocycles. The van der Waals surface area contributed by atoms with E-state index in [4.69, 9.17) is 0 Å². The van der Waals surface area contributed by atoms with E-state index in [0.29, 0.717) is 5.13 Å². The smallest absolute Gasteiger partial charge is 0.323 e. The van der Waals surface area contributed by atoms with Gasteiger partial charge in [-0.3, -0.25) is 5.32 Å². The van der Waals surface area contributed by atoms with Crippen molar-refractivity contribution in [2.45, 2.75) is 19.8 Å². The standard InChI is InChI=1S/C18H20N4OS/c1-13-5-7-15(19-2)11-14(13)6-8-16-12-20-17(24-16)21-18(23)22-9-3-4-10-22/h5,7,11-12,19H,3-4,9-10H2,1-2H3,(H,20,21,23). The highest BCUT2D eigenvalue weighted by Gasteiger charge is 2.18. The number of thiazole rings is 1. The van der Waals surface area contributed by atoms with Crippen molar-refractivity contribution in [3.63, 3.8) is 0 Å². The number of aryl methyl sites for hydroxylation is 1. The minimum absolute atomic E-state index is 0.0704. The maximum atomic E-state index is 12.1. The summed E-state index contributed by atoms with van der Waals surface area (Å²) >= 11 is 1.40. The molecule has 2 amide bonds. The summed E-state index contributed by atoms with van der Waals surface area (Å²) in [4.78, 5) is 19.0. The molecule has 1 fully saturated rings. The van der Waals surface area contributed by atoms with Crippen LogP contribution in [0.3, 0.4) is 0 Å². The average Bonchev–Trinajstić information content (AvgIpc) is 3.26. The fourth-order valence-corrected chi connectivity index (χ4v) is 3.18. The van der Waals surface area contributed by atoms with Gasteiger partial charge in [0.05, 0.1) is 11.1 Å². The van der Waals surface area contributed by atoms with E-state index in [-0.39, 0.29) is 6.03 Å². The van der Waals surface area contributed by atoms with Crippen molar-refractivity contribution in [3.05, 3.63) is 40.4 Å². The Hall–Kier alpha value is -2.52. The van der Waals surface area contributed by atoms with Gasteiger partial charge >= 0.3 is 6.03 Å². The van der Waals surface area contributed by atoms with Crippen LogP contribution in [0.5, 0.6) is 0 Å². The van der Waals surface area contributed by atoms with Gasteiger partial charge in [-0.25, -0.2) is 9.78 Å². The van der Waals surface area contributed by atoms with Crippen molar-refractivity contribution >= 4 is 28.2 Å². The van der Waals surface area contributed by atoms with E-state index in [9.17, 15) is 4.79 Å². The Morgan fingerprint density at radius 3 is 2.83 bits per heavy atom. The van der Waals surface area contributed by atoms with Crippen LogP contribution in [0.1, 0.15) is 28.8 Å². The predicted octanol–water partition coefficient (Wildman–Crippen LogP) is 3.52. The number of urea groups is 1. The maximum Gasteiger partial charge on any atom is 0.323 e. The Labute approximate surface area is 146 Å². The Balaban J connectivity index is 1.69. The molecule has 24 heavy (non-hydrogen) atoms. The van der Waals surface area contributed by atoms with Gasteiger partial charge in [-0.05, 0) is 43.4 Å². The molecule has 0 unspecified atom stereocenters. The average molecular weight is 340 g/mol. The van der Waals surface area contributed by atoms with Crippen LogP contribution in [0.15, 0.2) is 24.4 Å². The molecule has 0 saturated carbocycles. The van der Waals surface area contributed by atoms with Gasteiger partial charge in [0.15, 0.2) is 5.13 Å². The first kappa shape index (κ1) is 16.3. The fraction of sp³-hybridized carbons (Fsp3) is 0.333. The van der Waals surface area contributed by atoms with Crippen LogP contribution in [0, 0.1) is 18.8 Å². The van der Waals surface area contributed by atoms with Crippen molar-refractivity contribution in [3.8, 4) is 11.8 Å². The number of carbonyl (C=O) groups is 1. The summed E-state index contributed by atoms with van der Waals surface area (Å²) in [5.74, 6) is 6.31. The monoisotopic (exact) mass is 340 g/mol. The fourth-order valence-electron chi connectivity index (χ4n) is 2.52. The Bertz CT molecular complexity index is 797. The molecular formula is C18H20N4OS. The van der Waals surface area contributed by atoms with E-state index in [1.807, 2.05) is 37.1 Å². The van der Waals surface area contributed by atoms with Crippen molar-refractivity contribution in [2.75, 3.05) is 30.8 Å². The number of hydrogen-bond donors (Lipinski definition) is 2. The molecule has 2 aromatic rings. The van der Waals surface area contributed by atoms with Crippen LogP contribution in [-0.4, -0.2) is 36.1 Å². The number of benzene rings is 1. The van der Waals surface area contributed by atoms with Gasteiger partial charge in [0.2, 0.25) is 0 Å². The molecule has 0 bridgehead atoms. The zero-order valence-electron chi connectivity index (χ0n) is 13.8. The molecule has 0 radical (unpaired) electrons. The third-order valence-corrected chi connectivity index (χ3v) is 4.79. The van der Waals surface area contributed by atoms with Gasteiger partial charge < -0.3 is 10.2 Å². The predicted molar refractivity (Wildman–Crippen MR) is 98.6 cm³/mol. The minimum Gasteiger partial charge on any atom is -0.388 e. The number of anilines is 2. The number of amides is 2.